The number of benzene rings is 1. The van der Waals surface area contributed by atoms with Crippen LogP contribution in [-0.4, -0.2) is 17.3 Å². The van der Waals surface area contributed by atoms with Gasteiger partial charge in [-0.2, -0.15) is 0 Å². The molecule has 128 valence electrons. The zero-order chi connectivity index (χ0) is 17.9. The minimum atomic E-state index is 0.806. The van der Waals surface area contributed by atoms with Crippen molar-refractivity contribution in [2.45, 2.75) is 34.6 Å². The second kappa shape index (κ2) is 7.71. The molecule has 0 saturated heterocycles. The van der Waals surface area contributed by atoms with E-state index in [2.05, 4.69) is 26.1 Å². The molecule has 0 radical (unpaired) electrons. The van der Waals surface area contributed by atoms with Gasteiger partial charge in [-0.25, -0.2) is 0 Å². The molecular weight excluding hydrogens is 368 g/mol. The van der Waals surface area contributed by atoms with Gasteiger partial charge in [-0.3, -0.25) is 0 Å². The number of aryl methyl sites for hydroxylation is 3. The van der Waals surface area contributed by atoms with Gasteiger partial charge in [0.15, 0.2) is 0 Å². The van der Waals surface area contributed by atoms with Crippen LogP contribution in [-0.2, 0) is 0 Å². The fourth-order valence-electron chi connectivity index (χ4n) is 2.66. The van der Waals surface area contributed by atoms with Crippen LogP contribution in [0.3, 0.4) is 0 Å². The Morgan fingerprint density at radius 2 is 1.67 bits per heavy atom. The Labute approximate surface area is 151 Å². The summed E-state index contributed by atoms with van der Waals surface area (Å²) in [5.74, 6) is 1.65. The van der Waals surface area contributed by atoms with Crippen LogP contribution < -0.4 is 4.74 Å². The number of halogens is 1. The molecule has 3 aromatic rings. The van der Waals surface area contributed by atoms with Gasteiger partial charge in [0, 0.05) is 15.7 Å². The Kier molecular flexibility index (Phi) is 5.89. The first-order chi connectivity index (χ1) is 11.5. The summed E-state index contributed by atoms with van der Waals surface area (Å²) in [6.07, 6.45) is 0. The number of hydrogen-bond acceptors (Lipinski definition) is 3. The van der Waals surface area contributed by atoms with Gasteiger partial charge in [-0.1, -0.05) is 31.1 Å². The van der Waals surface area contributed by atoms with Gasteiger partial charge >= 0.3 is 0 Å². The van der Waals surface area contributed by atoms with Crippen molar-refractivity contribution in [3.63, 3.8) is 0 Å². The predicted molar refractivity (Wildman–Crippen MR) is 102 cm³/mol. The minimum Gasteiger partial charge on any atom is -0.497 e. The number of aromatic amines is 1. The summed E-state index contributed by atoms with van der Waals surface area (Å²) in [6, 6.07) is 8.02. The summed E-state index contributed by atoms with van der Waals surface area (Å²) in [7, 11) is 1.67. The van der Waals surface area contributed by atoms with E-state index in [4.69, 9.17) is 9.26 Å². The third kappa shape index (κ3) is 3.26. The van der Waals surface area contributed by atoms with Crippen molar-refractivity contribution in [1.29, 1.82) is 0 Å². The summed E-state index contributed by atoms with van der Waals surface area (Å²) >= 11 is 3.69. The van der Waals surface area contributed by atoms with Gasteiger partial charge in [0.1, 0.15) is 11.5 Å². The molecule has 0 fully saturated rings. The molecule has 3 rings (SSSR count). The monoisotopic (exact) mass is 390 g/mol. The first-order valence-corrected chi connectivity index (χ1v) is 8.78. The maximum absolute atomic E-state index is 5.32. The van der Waals surface area contributed by atoms with Crippen molar-refractivity contribution in [1.82, 2.24) is 10.1 Å². The number of aromatic nitrogens is 2. The molecule has 1 aromatic carbocycles. The van der Waals surface area contributed by atoms with E-state index in [1.807, 2.05) is 58.9 Å². The van der Waals surface area contributed by atoms with Crippen molar-refractivity contribution in [2.75, 3.05) is 7.11 Å². The number of rotatable bonds is 3. The van der Waals surface area contributed by atoms with Crippen LogP contribution in [0.2, 0.25) is 0 Å². The lowest BCUT2D eigenvalue weighted by Crippen LogP contribution is -1.87. The Bertz CT molecular complexity index is 797. The SMILES string of the molecule is CC.COc1ccc(-c2c(-c3c(C)noc3C)[nH]c(C)c2Br)cc1. The van der Waals surface area contributed by atoms with Crippen LogP contribution >= 0.6 is 15.9 Å². The number of nitrogens with one attached hydrogen (secondary N) is 1. The molecule has 4 nitrogen and oxygen atoms in total. The lowest BCUT2D eigenvalue weighted by Gasteiger charge is -2.07. The Balaban J connectivity index is 0.00000100. The molecule has 0 aliphatic rings. The molecule has 5 heteroatoms. The van der Waals surface area contributed by atoms with E-state index >= 15 is 0 Å². The summed E-state index contributed by atoms with van der Waals surface area (Å²) < 4.78 is 11.6. The maximum Gasteiger partial charge on any atom is 0.143 e. The van der Waals surface area contributed by atoms with Gasteiger partial charge in [-0.15, -0.1) is 0 Å². The smallest absolute Gasteiger partial charge is 0.143 e. The van der Waals surface area contributed by atoms with Gasteiger partial charge in [0.05, 0.1) is 24.1 Å². The Hall–Kier alpha value is -2.01. The molecular formula is C19H23BrN2O2. The molecule has 0 amide bonds. The summed E-state index contributed by atoms with van der Waals surface area (Å²) in [6.45, 7) is 9.92. The van der Waals surface area contributed by atoms with Crippen molar-refractivity contribution in [3.05, 3.63) is 45.9 Å². The number of hydrogen-bond donors (Lipinski definition) is 1. The van der Waals surface area contributed by atoms with E-state index in [1.165, 1.54) is 0 Å². The molecule has 0 spiro atoms. The van der Waals surface area contributed by atoms with E-state index < -0.39 is 0 Å². The molecule has 0 saturated carbocycles. The van der Waals surface area contributed by atoms with Crippen LogP contribution in [0, 0.1) is 20.8 Å². The largest absolute Gasteiger partial charge is 0.497 e. The average Bonchev–Trinajstić information content (AvgIpc) is 3.08. The van der Waals surface area contributed by atoms with Crippen molar-refractivity contribution in [3.8, 4) is 28.1 Å². The van der Waals surface area contributed by atoms with Crippen molar-refractivity contribution < 1.29 is 9.26 Å². The van der Waals surface area contributed by atoms with E-state index in [9.17, 15) is 0 Å². The van der Waals surface area contributed by atoms with Crippen LogP contribution in [0.5, 0.6) is 5.75 Å². The first-order valence-electron chi connectivity index (χ1n) is 7.98. The van der Waals surface area contributed by atoms with Crippen LogP contribution in [0.15, 0.2) is 33.3 Å². The van der Waals surface area contributed by atoms with Crippen molar-refractivity contribution in [2.24, 2.45) is 0 Å². The van der Waals surface area contributed by atoms with Gasteiger partial charge in [0.25, 0.3) is 0 Å². The fourth-order valence-corrected chi connectivity index (χ4v) is 3.18. The molecule has 2 aromatic heterocycles. The fraction of sp³-hybridized carbons (Fsp3) is 0.316. The minimum absolute atomic E-state index is 0.806. The number of methoxy groups -OCH3 is 1. The average molecular weight is 391 g/mol. The number of H-pyrrole nitrogens is 1. The summed E-state index contributed by atoms with van der Waals surface area (Å²) in [5.41, 5.74) is 6.19. The third-order valence-corrected chi connectivity index (χ3v) is 4.76. The molecule has 2 heterocycles. The van der Waals surface area contributed by atoms with Crippen molar-refractivity contribution >= 4 is 15.9 Å². The van der Waals surface area contributed by atoms with Crippen LogP contribution in [0.25, 0.3) is 22.4 Å². The second-order valence-electron chi connectivity index (χ2n) is 5.24. The first kappa shape index (κ1) is 18.3. The van der Waals surface area contributed by atoms with E-state index in [-0.39, 0.29) is 0 Å². The maximum atomic E-state index is 5.32. The third-order valence-electron chi connectivity index (χ3n) is 3.77. The Morgan fingerprint density at radius 1 is 1.04 bits per heavy atom. The molecule has 0 aliphatic carbocycles. The predicted octanol–water partition coefficient (Wildman–Crippen LogP) is 6.06. The highest BCUT2D eigenvalue weighted by Gasteiger charge is 2.21. The molecule has 0 unspecified atom stereocenters. The lowest BCUT2D eigenvalue weighted by atomic mass is 10.0. The quantitative estimate of drug-likeness (QED) is 0.591. The Morgan fingerprint density at radius 3 is 2.17 bits per heavy atom. The molecule has 1 N–H and O–H groups in total. The van der Waals surface area contributed by atoms with Crippen LogP contribution in [0.1, 0.15) is 31.0 Å². The van der Waals surface area contributed by atoms with E-state index in [1.54, 1.807) is 7.11 Å². The molecule has 0 atom stereocenters. The van der Waals surface area contributed by atoms with Gasteiger partial charge in [0.2, 0.25) is 0 Å². The summed E-state index contributed by atoms with van der Waals surface area (Å²) in [5, 5.41) is 4.06. The van der Waals surface area contributed by atoms with E-state index in [0.29, 0.717) is 0 Å². The topological polar surface area (TPSA) is 51.1 Å². The van der Waals surface area contributed by atoms with E-state index in [0.717, 1.165) is 49.8 Å². The second-order valence-corrected chi connectivity index (χ2v) is 6.03. The highest BCUT2D eigenvalue weighted by molar-refractivity contribution is 9.10. The van der Waals surface area contributed by atoms with Gasteiger partial charge < -0.3 is 14.2 Å². The highest BCUT2D eigenvalue weighted by atomic mass is 79.9. The number of nitrogens with zero attached hydrogens (tertiary/aromatic N) is 1. The standard InChI is InChI=1S/C17H17BrN2O2.C2H6/c1-9-14(11(3)22-20-9)17-15(16(18)10(2)19-17)12-5-7-13(21-4)8-6-12;1-2/h5-8,19H,1-4H3;1-2H3. The highest BCUT2D eigenvalue weighted by Crippen LogP contribution is 2.42. The molecule has 0 aliphatic heterocycles. The number of ether oxygens (including phenoxy) is 1. The molecule has 0 bridgehead atoms. The van der Waals surface area contributed by atoms with Crippen LogP contribution in [0.4, 0.5) is 0 Å². The normalized spacial score (nSPS) is 10.3. The lowest BCUT2D eigenvalue weighted by molar-refractivity contribution is 0.393. The summed E-state index contributed by atoms with van der Waals surface area (Å²) in [4.78, 5) is 3.45. The zero-order valence-corrected chi connectivity index (χ0v) is 16.5. The van der Waals surface area contributed by atoms with Gasteiger partial charge in [-0.05, 0) is 54.4 Å². The molecule has 24 heavy (non-hydrogen) atoms. The zero-order valence-electron chi connectivity index (χ0n) is 15.0.